The molecule has 17 heavy (non-hydrogen) atoms. The van der Waals surface area contributed by atoms with Crippen LogP contribution in [-0.2, 0) is 0 Å². The van der Waals surface area contributed by atoms with E-state index in [1.165, 1.54) is 0 Å². The molecule has 0 aliphatic carbocycles. The summed E-state index contributed by atoms with van der Waals surface area (Å²) < 4.78 is 6.94. The summed E-state index contributed by atoms with van der Waals surface area (Å²) in [5, 5.41) is 14.5. The van der Waals surface area contributed by atoms with Crippen molar-refractivity contribution in [3.8, 4) is 5.75 Å². The second-order valence-electron chi connectivity index (χ2n) is 4.01. The van der Waals surface area contributed by atoms with Crippen LogP contribution in [0.3, 0.4) is 0 Å². The van der Waals surface area contributed by atoms with Crippen LogP contribution in [0.4, 0.5) is 0 Å². The van der Waals surface area contributed by atoms with Gasteiger partial charge < -0.3 is 14.8 Å². The maximum atomic E-state index is 10.3. The van der Waals surface area contributed by atoms with Crippen molar-refractivity contribution in [1.29, 1.82) is 0 Å². The van der Waals surface area contributed by atoms with Crippen molar-refractivity contribution in [1.82, 2.24) is 19.7 Å². The fourth-order valence-corrected chi connectivity index (χ4v) is 1.74. The van der Waals surface area contributed by atoms with Crippen LogP contribution in [0, 0.1) is 0 Å². The number of ether oxygens (including phenoxy) is 1. The zero-order valence-corrected chi connectivity index (χ0v) is 10.1. The summed E-state index contributed by atoms with van der Waals surface area (Å²) in [5.41, 5.74) is 0.609. The van der Waals surface area contributed by atoms with Gasteiger partial charge in [0.1, 0.15) is 11.5 Å². The van der Waals surface area contributed by atoms with Crippen LogP contribution in [0.25, 0.3) is 0 Å². The number of imidazole rings is 1. The normalized spacial score (nSPS) is 13.0. The van der Waals surface area contributed by atoms with Gasteiger partial charge in [-0.2, -0.15) is 5.10 Å². The third-order valence-electron chi connectivity index (χ3n) is 2.55. The van der Waals surface area contributed by atoms with Crippen LogP contribution >= 0.6 is 0 Å². The van der Waals surface area contributed by atoms with E-state index in [4.69, 9.17) is 4.74 Å². The van der Waals surface area contributed by atoms with Crippen molar-refractivity contribution in [2.75, 3.05) is 7.11 Å². The molecule has 0 bridgehead atoms. The number of nitrogens with zero attached hydrogens (tertiary/aromatic N) is 3. The summed E-state index contributed by atoms with van der Waals surface area (Å²) in [5.74, 6) is 1.04. The molecule has 6 heteroatoms. The summed E-state index contributed by atoms with van der Waals surface area (Å²) in [6, 6.07) is 0.138. The van der Waals surface area contributed by atoms with Gasteiger partial charge in [0.15, 0.2) is 11.9 Å². The van der Waals surface area contributed by atoms with Gasteiger partial charge in [0.25, 0.3) is 0 Å². The Kier molecular flexibility index (Phi) is 3.14. The van der Waals surface area contributed by atoms with Crippen molar-refractivity contribution in [3.63, 3.8) is 0 Å². The Hall–Kier alpha value is -1.82. The number of hydrogen-bond acceptors (Lipinski definition) is 4. The number of aromatic nitrogens is 4. The third-order valence-corrected chi connectivity index (χ3v) is 2.55. The average Bonchev–Trinajstić information content (AvgIpc) is 2.96. The maximum Gasteiger partial charge on any atom is 0.163 e. The van der Waals surface area contributed by atoms with Crippen molar-refractivity contribution in [2.45, 2.75) is 26.0 Å². The number of aromatic amines is 1. The standard InChI is InChI=1S/C11H16N4O2/c1-7(2)15-9(8(17-3)6-14-15)10(16)11-12-4-5-13-11/h4-7,10,16H,1-3H3,(H,12,13). The van der Waals surface area contributed by atoms with Gasteiger partial charge >= 0.3 is 0 Å². The minimum absolute atomic E-state index is 0.138. The van der Waals surface area contributed by atoms with Crippen LogP contribution < -0.4 is 4.74 Å². The Morgan fingerprint density at radius 2 is 2.24 bits per heavy atom. The van der Waals surface area contributed by atoms with Crippen LogP contribution in [0.5, 0.6) is 5.75 Å². The molecule has 0 saturated carbocycles. The molecule has 0 amide bonds. The summed E-state index contributed by atoms with van der Waals surface area (Å²) in [6.07, 6.45) is 3.99. The van der Waals surface area contributed by atoms with E-state index in [0.29, 0.717) is 17.3 Å². The number of hydrogen-bond donors (Lipinski definition) is 2. The Morgan fingerprint density at radius 1 is 1.47 bits per heavy atom. The van der Waals surface area contributed by atoms with Crippen LogP contribution in [0.15, 0.2) is 18.6 Å². The summed E-state index contributed by atoms with van der Waals surface area (Å²) >= 11 is 0. The van der Waals surface area contributed by atoms with E-state index in [2.05, 4.69) is 15.1 Å². The molecule has 0 spiro atoms. The van der Waals surface area contributed by atoms with Crippen LogP contribution in [0.1, 0.15) is 37.5 Å². The smallest absolute Gasteiger partial charge is 0.163 e. The molecule has 2 aromatic heterocycles. The monoisotopic (exact) mass is 236 g/mol. The van der Waals surface area contributed by atoms with E-state index < -0.39 is 6.10 Å². The number of nitrogens with one attached hydrogen (secondary N) is 1. The Morgan fingerprint density at radius 3 is 2.76 bits per heavy atom. The van der Waals surface area contributed by atoms with Crippen molar-refractivity contribution >= 4 is 0 Å². The molecule has 0 saturated heterocycles. The zero-order valence-electron chi connectivity index (χ0n) is 10.1. The Bertz CT molecular complexity index is 476. The minimum Gasteiger partial charge on any atom is -0.493 e. The lowest BCUT2D eigenvalue weighted by Crippen LogP contribution is -2.13. The first-order chi connectivity index (χ1) is 8.15. The lowest BCUT2D eigenvalue weighted by molar-refractivity contribution is 0.191. The second kappa shape index (κ2) is 4.58. The molecule has 0 fully saturated rings. The summed E-state index contributed by atoms with van der Waals surface area (Å²) in [6.45, 7) is 3.98. The molecule has 92 valence electrons. The first kappa shape index (κ1) is 11.7. The molecule has 0 aliphatic heterocycles. The van der Waals surface area contributed by atoms with E-state index in [1.807, 2.05) is 13.8 Å². The fraction of sp³-hybridized carbons (Fsp3) is 0.455. The number of aliphatic hydroxyl groups is 1. The Labute approximate surface area is 99.3 Å². The molecular weight excluding hydrogens is 220 g/mol. The highest BCUT2D eigenvalue weighted by Gasteiger charge is 2.24. The maximum absolute atomic E-state index is 10.3. The highest BCUT2D eigenvalue weighted by Crippen LogP contribution is 2.29. The first-order valence-electron chi connectivity index (χ1n) is 5.44. The second-order valence-corrected chi connectivity index (χ2v) is 4.01. The largest absolute Gasteiger partial charge is 0.493 e. The van der Waals surface area contributed by atoms with Crippen molar-refractivity contribution < 1.29 is 9.84 Å². The van der Waals surface area contributed by atoms with E-state index in [9.17, 15) is 5.11 Å². The van der Waals surface area contributed by atoms with Gasteiger partial charge in [-0.3, -0.25) is 4.68 Å². The van der Waals surface area contributed by atoms with Crippen LogP contribution in [-0.4, -0.2) is 32.0 Å². The topological polar surface area (TPSA) is 76.0 Å². The van der Waals surface area contributed by atoms with E-state index in [0.717, 1.165) is 0 Å². The SMILES string of the molecule is COc1cnn(C(C)C)c1C(O)c1ncc[nH]1. The van der Waals surface area contributed by atoms with Gasteiger partial charge in [0.05, 0.1) is 13.3 Å². The van der Waals surface area contributed by atoms with Crippen molar-refractivity contribution in [3.05, 3.63) is 30.1 Å². The minimum atomic E-state index is -0.871. The van der Waals surface area contributed by atoms with E-state index in [1.54, 1.807) is 30.4 Å². The van der Waals surface area contributed by atoms with E-state index in [-0.39, 0.29) is 6.04 Å². The van der Waals surface area contributed by atoms with Gasteiger partial charge in [-0.15, -0.1) is 0 Å². The molecule has 2 N–H and O–H groups in total. The molecule has 2 aromatic rings. The predicted molar refractivity (Wildman–Crippen MR) is 61.8 cm³/mol. The molecule has 1 atom stereocenters. The number of H-pyrrole nitrogens is 1. The van der Waals surface area contributed by atoms with E-state index >= 15 is 0 Å². The summed E-state index contributed by atoms with van der Waals surface area (Å²) in [4.78, 5) is 6.93. The molecule has 2 rings (SSSR count). The molecule has 0 aliphatic rings. The quantitative estimate of drug-likeness (QED) is 0.838. The number of rotatable bonds is 4. The lowest BCUT2D eigenvalue weighted by atomic mass is 10.2. The number of methoxy groups -OCH3 is 1. The highest BCUT2D eigenvalue weighted by molar-refractivity contribution is 5.31. The number of aliphatic hydroxyl groups excluding tert-OH is 1. The fourth-order valence-electron chi connectivity index (χ4n) is 1.74. The Balaban J connectivity index is 2.45. The highest BCUT2D eigenvalue weighted by atomic mass is 16.5. The molecule has 0 radical (unpaired) electrons. The lowest BCUT2D eigenvalue weighted by Gasteiger charge is -2.15. The van der Waals surface area contributed by atoms with Gasteiger partial charge in [0.2, 0.25) is 0 Å². The van der Waals surface area contributed by atoms with Crippen molar-refractivity contribution in [2.24, 2.45) is 0 Å². The first-order valence-corrected chi connectivity index (χ1v) is 5.44. The third kappa shape index (κ3) is 2.03. The van der Waals surface area contributed by atoms with Crippen LogP contribution in [0.2, 0.25) is 0 Å². The molecule has 2 heterocycles. The van der Waals surface area contributed by atoms with Gasteiger partial charge in [0, 0.05) is 18.4 Å². The molecule has 1 unspecified atom stereocenters. The molecule has 0 aromatic carbocycles. The average molecular weight is 236 g/mol. The van der Waals surface area contributed by atoms with Gasteiger partial charge in [-0.1, -0.05) is 0 Å². The van der Waals surface area contributed by atoms with Gasteiger partial charge in [-0.25, -0.2) is 4.98 Å². The summed E-state index contributed by atoms with van der Waals surface area (Å²) in [7, 11) is 1.56. The molecular formula is C11H16N4O2. The predicted octanol–water partition coefficient (Wildman–Crippen LogP) is 1.28. The van der Waals surface area contributed by atoms with Gasteiger partial charge in [-0.05, 0) is 13.8 Å². The molecule has 6 nitrogen and oxygen atoms in total. The zero-order chi connectivity index (χ0) is 12.4.